The van der Waals surface area contributed by atoms with Gasteiger partial charge in [-0.15, -0.1) is 0 Å². The van der Waals surface area contributed by atoms with Crippen LogP contribution in [0.15, 0.2) is 0 Å². The first-order valence-electron chi connectivity index (χ1n) is 5.89. The van der Waals surface area contributed by atoms with Gasteiger partial charge in [0.25, 0.3) is 0 Å². The van der Waals surface area contributed by atoms with E-state index in [0.29, 0.717) is 6.45 Å². The smallest absolute Gasteiger partial charge is 0.0793 e. The lowest BCUT2D eigenvalue weighted by molar-refractivity contribution is 0.352. The van der Waals surface area contributed by atoms with Crippen LogP contribution in [0.3, 0.4) is 0 Å². The Balaban J connectivity index is 0. The van der Waals surface area contributed by atoms with Crippen LogP contribution >= 0.6 is 28.5 Å². The van der Waals surface area contributed by atoms with Crippen LogP contribution in [0.4, 0.5) is 0 Å². The molecule has 0 N–H and O–H groups in total. The van der Waals surface area contributed by atoms with Gasteiger partial charge in [-0.3, -0.25) is 0 Å². The molecule has 0 saturated heterocycles. The van der Waals surface area contributed by atoms with Crippen molar-refractivity contribution in [1.82, 2.24) is 0 Å². The van der Waals surface area contributed by atoms with Crippen LogP contribution in [0.25, 0.3) is 0 Å². The van der Waals surface area contributed by atoms with E-state index < -0.39 is 0 Å². The Morgan fingerprint density at radius 2 is 1.43 bits per heavy atom. The van der Waals surface area contributed by atoms with E-state index in [1.165, 1.54) is 44.9 Å². The third-order valence-electron chi connectivity index (χ3n) is 1.90. The SMILES string of the molecule is CC.CCCCCCCCCOPI. The lowest BCUT2D eigenvalue weighted by atomic mass is 10.1. The zero-order valence-electron chi connectivity index (χ0n) is 9.94. The predicted octanol–water partition coefficient (Wildman–Crippen LogP) is 5.72. The van der Waals surface area contributed by atoms with Crippen molar-refractivity contribution < 1.29 is 4.52 Å². The summed E-state index contributed by atoms with van der Waals surface area (Å²) in [7, 11) is 0. The third-order valence-corrected chi connectivity index (χ3v) is 3.15. The van der Waals surface area contributed by atoms with Crippen LogP contribution in [-0.4, -0.2) is 6.61 Å². The molecular weight excluding hydrogens is 306 g/mol. The number of hydrogen-bond donors (Lipinski definition) is 0. The highest BCUT2D eigenvalue weighted by Gasteiger charge is 1.90. The average molecular weight is 332 g/mol. The van der Waals surface area contributed by atoms with E-state index in [4.69, 9.17) is 4.52 Å². The molecule has 0 fully saturated rings. The summed E-state index contributed by atoms with van der Waals surface area (Å²) < 4.78 is 5.28. The van der Waals surface area contributed by atoms with Gasteiger partial charge in [0.2, 0.25) is 0 Å². The molecule has 0 aromatic rings. The van der Waals surface area contributed by atoms with Crippen molar-refractivity contribution >= 4 is 28.5 Å². The van der Waals surface area contributed by atoms with Crippen molar-refractivity contribution in [2.45, 2.75) is 65.7 Å². The van der Waals surface area contributed by atoms with E-state index in [9.17, 15) is 0 Å². The molecule has 0 saturated carbocycles. The highest BCUT2D eigenvalue weighted by Crippen LogP contribution is 2.22. The Morgan fingerprint density at radius 3 is 1.93 bits per heavy atom. The first-order chi connectivity index (χ1) is 6.91. The van der Waals surface area contributed by atoms with Crippen LogP contribution in [-0.2, 0) is 4.52 Å². The molecule has 0 heterocycles. The minimum atomic E-state index is 0.640. The zero-order chi connectivity index (χ0) is 11.1. The van der Waals surface area contributed by atoms with Gasteiger partial charge < -0.3 is 4.52 Å². The molecule has 0 amide bonds. The van der Waals surface area contributed by atoms with Gasteiger partial charge in [-0.1, -0.05) is 59.3 Å². The Hall–Kier alpha value is 1.12. The zero-order valence-corrected chi connectivity index (χ0v) is 13.1. The number of hydrogen-bond acceptors (Lipinski definition) is 1. The number of rotatable bonds is 9. The van der Waals surface area contributed by atoms with Gasteiger partial charge in [-0.2, -0.15) is 0 Å². The molecule has 1 atom stereocenters. The minimum Gasteiger partial charge on any atom is -0.352 e. The molecule has 1 unspecified atom stereocenters. The topological polar surface area (TPSA) is 9.23 Å². The van der Waals surface area contributed by atoms with Gasteiger partial charge in [0.05, 0.1) is 13.1 Å². The lowest BCUT2D eigenvalue weighted by Gasteiger charge is -2.00. The fourth-order valence-corrected chi connectivity index (χ4v) is 2.05. The molecule has 0 bridgehead atoms. The summed E-state index contributed by atoms with van der Waals surface area (Å²) >= 11 is 2.27. The first kappa shape index (κ1) is 17.5. The lowest BCUT2D eigenvalue weighted by Crippen LogP contribution is -1.85. The van der Waals surface area contributed by atoms with Crippen molar-refractivity contribution in [3.05, 3.63) is 0 Å². The van der Waals surface area contributed by atoms with Crippen LogP contribution < -0.4 is 0 Å². The molecule has 1 nitrogen and oxygen atoms in total. The second-order valence-corrected chi connectivity index (χ2v) is 4.81. The molecule has 0 aromatic heterocycles. The fourth-order valence-electron chi connectivity index (χ4n) is 1.17. The maximum absolute atomic E-state index is 5.28. The largest absolute Gasteiger partial charge is 0.352 e. The Labute approximate surface area is 105 Å². The van der Waals surface area contributed by atoms with Gasteiger partial charge in [-0.25, -0.2) is 0 Å². The van der Waals surface area contributed by atoms with Gasteiger partial charge >= 0.3 is 0 Å². The van der Waals surface area contributed by atoms with Gasteiger partial charge in [0.15, 0.2) is 0 Å². The average Bonchev–Trinajstić information content (AvgIpc) is 2.25. The molecule has 0 rings (SSSR count). The van der Waals surface area contributed by atoms with Crippen LogP contribution in [0.2, 0.25) is 0 Å². The molecule has 3 heteroatoms. The highest BCUT2D eigenvalue weighted by atomic mass is 127. The fraction of sp³-hybridized carbons (Fsp3) is 1.00. The van der Waals surface area contributed by atoms with Crippen molar-refractivity contribution in [1.29, 1.82) is 0 Å². The second-order valence-electron chi connectivity index (χ2n) is 3.05. The van der Waals surface area contributed by atoms with E-state index in [1.807, 2.05) is 13.8 Å². The van der Waals surface area contributed by atoms with Gasteiger partial charge in [-0.05, 0) is 28.5 Å². The number of halogens is 1. The predicted molar refractivity (Wildman–Crippen MR) is 77.6 cm³/mol. The van der Waals surface area contributed by atoms with Crippen molar-refractivity contribution in [3.63, 3.8) is 0 Å². The molecule has 0 aliphatic heterocycles. The summed E-state index contributed by atoms with van der Waals surface area (Å²) in [6.07, 6.45) is 9.59. The van der Waals surface area contributed by atoms with Gasteiger partial charge in [0.1, 0.15) is 0 Å². The van der Waals surface area contributed by atoms with E-state index >= 15 is 0 Å². The monoisotopic (exact) mass is 332 g/mol. The first-order valence-corrected chi connectivity index (χ1v) is 9.91. The van der Waals surface area contributed by atoms with Crippen molar-refractivity contribution in [2.24, 2.45) is 0 Å². The molecule has 0 spiro atoms. The van der Waals surface area contributed by atoms with E-state index in [2.05, 4.69) is 29.0 Å². The Kier molecular flexibility index (Phi) is 24.6. The van der Waals surface area contributed by atoms with Crippen LogP contribution in [0.1, 0.15) is 65.7 Å². The van der Waals surface area contributed by atoms with E-state index in [1.54, 1.807) is 0 Å². The summed E-state index contributed by atoms with van der Waals surface area (Å²) in [4.78, 5) is 0. The summed E-state index contributed by atoms with van der Waals surface area (Å²) in [6.45, 7) is 7.87. The van der Waals surface area contributed by atoms with Crippen LogP contribution in [0.5, 0.6) is 0 Å². The molecule has 0 radical (unpaired) electrons. The minimum absolute atomic E-state index is 0.640. The van der Waals surface area contributed by atoms with Gasteiger partial charge in [0, 0.05) is 0 Å². The van der Waals surface area contributed by atoms with E-state index in [0.717, 1.165) is 6.61 Å². The maximum atomic E-state index is 5.28. The quantitative estimate of drug-likeness (QED) is 0.298. The second kappa shape index (κ2) is 19.7. The van der Waals surface area contributed by atoms with Crippen molar-refractivity contribution in [2.75, 3.05) is 6.61 Å². The number of unbranched alkanes of at least 4 members (excludes halogenated alkanes) is 6. The molecule has 0 aliphatic rings. The summed E-state index contributed by atoms with van der Waals surface area (Å²) in [5, 5.41) is 0. The molecule has 0 aromatic carbocycles. The normalized spacial score (nSPS) is 10.3. The third kappa shape index (κ3) is 18.8. The van der Waals surface area contributed by atoms with Crippen LogP contribution in [0, 0.1) is 0 Å². The summed E-state index contributed by atoms with van der Waals surface area (Å²) in [6, 6.07) is 0. The summed E-state index contributed by atoms with van der Waals surface area (Å²) in [5.74, 6) is 0. The van der Waals surface area contributed by atoms with E-state index in [-0.39, 0.29) is 0 Å². The Morgan fingerprint density at radius 1 is 0.929 bits per heavy atom. The molecule has 0 aliphatic carbocycles. The Bertz CT molecular complexity index is 71.7. The molecule has 88 valence electrons. The van der Waals surface area contributed by atoms with Crippen molar-refractivity contribution in [3.8, 4) is 0 Å². The maximum Gasteiger partial charge on any atom is 0.0793 e. The molecular formula is C11H26IOP. The standard InChI is InChI=1S/C9H20IOP.C2H6/c1-2-3-4-5-6-7-8-9-11-12-10;1-2/h12H,2-9H2,1H3;1-2H3. The molecule has 14 heavy (non-hydrogen) atoms. The highest BCUT2D eigenvalue weighted by molar-refractivity contribution is 14.2. The summed E-state index contributed by atoms with van der Waals surface area (Å²) in [5.41, 5.74) is 0.